The molecule has 2 N–H and O–H groups in total. The number of ether oxygens (including phenoxy) is 1. The van der Waals surface area contributed by atoms with Crippen LogP contribution >= 0.6 is 0 Å². The predicted molar refractivity (Wildman–Crippen MR) is 94.1 cm³/mol. The second kappa shape index (κ2) is 10.5. The molecule has 0 saturated carbocycles. The number of nitrogens with one attached hydrogen (secondary N) is 2. The summed E-state index contributed by atoms with van der Waals surface area (Å²) in [5.74, 6) is 0.565. The number of halogens is 3. The van der Waals surface area contributed by atoms with Gasteiger partial charge in [-0.25, -0.2) is 4.99 Å². The first-order valence-corrected chi connectivity index (χ1v) is 8.22. The Kier molecular flexibility index (Phi) is 8.74. The lowest BCUT2D eigenvalue weighted by Gasteiger charge is -2.14. The first-order valence-electron chi connectivity index (χ1n) is 8.22. The first kappa shape index (κ1) is 21.6. The van der Waals surface area contributed by atoms with Crippen LogP contribution in [0.3, 0.4) is 0 Å². The highest BCUT2D eigenvalue weighted by Crippen LogP contribution is 2.19. The van der Waals surface area contributed by atoms with E-state index >= 15 is 0 Å². The second-order valence-electron chi connectivity index (χ2n) is 5.78. The highest BCUT2D eigenvalue weighted by atomic mass is 19.4. The summed E-state index contributed by atoms with van der Waals surface area (Å²) in [5.41, 5.74) is 0.806. The molecule has 0 atom stereocenters. The molecule has 1 amide bonds. The third-order valence-corrected chi connectivity index (χ3v) is 3.19. The number of hydrogen-bond acceptors (Lipinski definition) is 3. The number of carbonyl (C=O) groups is 1. The van der Waals surface area contributed by atoms with Crippen molar-refractivity contribution in [2.75, 3.05) is 33.8 Å². The number of guanidine groups is 1. The standard InChI is InChI=1S/C17H25F3N4O2/c1-4-9-21-16(23-11-15(25)24(2)3)22-10-13-5-7-14(8-6-13)26-12-17(18,19)20/h5-8H,4,9-12H2,1-3H3,(H2,21,22,23). The predicted octanol–water partition coefficient (Wildman–Crippen LogP) is 2.16. The van der Waals surface area contributed by atoms with Crippen molar-refractivity contribution in [1.29, 1.82) is 0 Å². The Bertz CT molecular complexity index is 587. The molecule has 146 valence electrons. The molecule has 0 fully saturated rings. The van der Waals surface area contributed by atoms with Crippen LogP contribution in [-0.2, 0) is 11.3 Å². The lowest BCUT2D eigenvalue weighted by atomic mass is 10.2. The lowest BCUT2D eigenvalue weighted by Crippen LogP contribution is -2.43. The van der Waals surface area contributed by atoms with Crippen molar-refractivity contribution in [3.05, 3.63) is 29.8 Å². The topological polar surface area (TPSA) is 66.0 Å². The fraction of sp³-hybridized carbons (Fsp3) is 0.529. The van der Waals surface area contributed by atoms with Gasteiger partial charge in [0.05, 0.1) is 13.1 Å². The second-order valence-corrected chi connectivity index (χ2v) is 5.78. The Morgan fingerprint density at radius 3 is 2.38 bits per heavy atom. The Labute approximate surface area is 151 Å². The highest BCUT2D eigenvalue weighted by molar-refractivity contribution is 5.86. The van der Waals surface area contributed by atoms with E-state index in [0.29, 0.717) is 19.0 Å². The van der Waals surface area contributed by atoms with Gasteiger partial charge < -0.3 is 20.3 Å². The van der Waals surface area contributed by atoms with Crippen molar-refractivity contribution in [2.24, 2.45) is 4.99 Å². The van der Waals surface area contributed by atoms with Crippen molar-refractivity contribution in [3.8, 4) is 5.75 Å². The number of alkyl halides is 3. The van der Waals surface area contributed by atoms with Crippen LogP contribution in [0.1, 0.15) is 18.9 Å². The van der Waals surface area contributed by atoms with Crippen LogP contribution < -0.4 is 15.4 Å². The van der Waals surface area contributed by atoms with E-state index in [4.69, 9.17) is 0 Å². The maximum Gasteiger partial charge on any atom is 0.422 e. The summed E-state index contributed by atoms with van der Waals surface area (Å²) in [6.45, 7) is 1.82. The number of hydrogen-bond donors (Lipinski definition) is 2. The fourth-order valence-corrected chi connectivity index (χ4v) is 1.76. The highest BCUT2D eigenvalue weighted by Gasteiger charge is 2.28. The quantitative estimate of drug-likeness (QED) is 0.541. The van der Waals surface area contributed by atoms with Gasteiger partial charge in [0.2, 0.25) is 5.91 Å². The molecule has 0 saturated heterocycles. The average Bonchev–Trinajstić information content (AvgIpc) is 2.59. The molecule has 0 heterocycles. The molecule has 0 radical (unpaired) electrons. The zero-order valence-corrected chi connectivity index (χ0v) is 15.2. The molecule has 1 aromatic carbocycles. The molecule has 6 nitrogen and oxygen atoms in total. The van der Waals surface area contributed by atoms with Gasteiger partial charge >= 0.3 is 6.18 Å². The molecule has 9 heteroatoms. The third kappa shape index (κ3) is 9.14. The van der Waals surface area contributed by atoms with Crippen LogP contribution in [0.5, 0.6) is 5.75 Å². The van der Waals surface area contributed by atoms with Crippen LogP contribution in [-0.4, -0.2) is 56.7 Å². The molecule has 0 aromatic heterocycles. The van der Waals surface area contributed by atoms with Crippen LogP contribution in [0.15, 0.2) is 29.3 Å². The van der Waals surface area contributed by atoms with E-state index in [9.17, 15) is 18.0 Å². The van der Waals surface area contributed by atoms with Crippen LogP contribution in [0.4, 0.5) is 13.2 Å². The molecule has 0 aliphatic rings. The van der Waals surface area contributed by atoms with Crippen LogP contribution in [0, 0.1) is 0 Å². The normalized spacial score (nSPS) is 11.8. The van der Waals surface area contributed by atoms with Gasteiger partial charge in [-0.3, -0.25) is 4.79 Å². The summed E-state index contributed by atoms with van der Waals surface area (Å²) in [6.07, 6.45) is -3.47. The molecule has 0 aliphatic carbocycles. The molecular weight excluding hydrogens is 349 g/mol. The Morgan fingerprint density at radius 2 is 1.85 bits per heavy atom. The van der Waals surface area contributed by atoms with Crippen molar-refractivity contribution < 1.29 is 22.7 Å². The van der Waals surface area contributed by atoms with Gasteiger partial charge in [0.15, 0.2) is 12.6 Å². The average molecular weight is 374 g/mol. The van der Waals surface area contributed by atoms with Crippen molar-refractivity contribution in [1.82, 2.24) is 15.5 Å². The minimum atomic E-state index is -4.36. The number of amides is 1. The van der Waals surface area contributed by atoms with Crippen molar-refractivity contribution >= 4 is 11.9 Å². The van der Waals surface area contributed by atoms with Crippen molar-refractivity contribution in [3.63, 3.8) is 0 Å². The SMILES string of the molecule is CCCNC(=NCc1ccc(OCC(F)(F)F)cc1)NCC(=O)N(C)C. The summed E-state index contributed by atoms with van der Waals surface area (Å²) in [5, 5.41) is 6.05. The maximum absolute atomic E-state index is 12.1. The fourth-order valence-electron chi connectivity index (χ4n) is 1.76. The van der Waals surface area contributed by atoms with Gasteiger partial charge in [-0.15, -0.1) is 0 Å². The van der Waals surface area contributed by atoms with E-state index in [1.807, 2.05) is 6.92 Å². The van der Waals surface area contributed by atoms with Gasteiger partial charge in [0.25, 0.3) is 0 Å². The number of nitrogens with zero attached hydrogens (tertiary/aromatic N) is 2. The molecule has 1 rings (SSSR count). The molecule has 26 heavy (non-hydrogen) atoms. The van der Waals surface area contributed by atoms with E-state index in [0.717, 1.165) is 12.0 Å². The lowest BCUT2D eigenvalue weighted by molar-refractivity contribution is -0.153. The maximum atomic E-state index is 12.1. The summed E-state index contributed by atoms with van der Waals surface area (Å²) in [6, 6.07) is 6.24. The largest absolute Gasteiger partial charge is 0.484 e. The van der Waals surface area contributed by atoms with Gasteiger partial charge in [-0.05, 0) is 24.1 Å². The first-order chi connectivity index (χ1) is 12.2. The number of benzene rings is 1. The molecule has 0 bridgehead atoms. The molecular formula is C17H25F3N4O2. The molecule has 1 aromatic rings. The van der Waals surface area contributed by atoms with Gasteiger partial charge in [-0.1, -0.05) is 19.1 Å². The van der Waals surface area contributed by atoms with E-state index in [1.165, 1.54) is 17.0 Å². The van der Waals surface area contributed by atoms with Gasteiger partial charge in [0, 0.05) is 20.6 Å². The number of carbonyl (C=O) groups excluding carboxylic acids is 1. The minimum Gasteiger partial charge on any atom is -0.484 e. The van der Waals surface area contributed by atoms with E-state index in [-0.39, 0.29) is 18.2 Å². The Hall–Kier alpha value is -2.45. The van der Waals surface area contributed by atoms with Crippen LogP contribution in [0.25, 0.3) is 0 Å². The number of aliphatic imine (C=N–C) groups is 1. The van der Waals surface area contributed by atoms with Crippen molar-refractivity contribution in [2.45, 2.75) is 26.1 Å². The third-order valence-electron chi connectivity index (χ3n) is 3.19. The molecule has 0 aliphatic heterocycles. The van der Waals surface area contributed by atoms with Gasteiger partial charge in [-0.2, -0.15) is 13.2 Å². The van der Waals surface area contributed by atoms with Gasteiger partial charge in [0.1, 0.15) is 5.75 Å². The summed E-state index contributed by atoms with van der Waals surface area (Å²) < 4.78 is 41.0. The smallest absolute Gasteiger partial charge is 0.422 e. The van der Waals surface area contributed by atoms with E-state index < -0.39 is 12.8 Å². The summed E-state index contributed by atoms with van der Waals surface area (Å²) in [7, 11) is 3.34. The molecule has 0 spiro atoms. The van der Waals surface area contributed by atoms with E-state index in [2.05, 4.69) is 20.4 Å². The van der Waals surface area contributed by atoms with Crippen LogP contribution in [0.2, 0.25) is 0 Å². The Balaban J connectivity index is 2.62. The minimum absolute atomic E-state index is 0.0813. The molecule has 0 unspecified atom stereocenters. The Morgan fingerprint density at radius 1 is 1.19 bits per heavy atom. The summed E-state index contributed by atoms with van der Waals surface area (Å²) >= 11 is 0. The monoisotopic (exact) mass is 374 g/mol. The number of likely N-dealkylation sites (N-methyl/N-ethyl adjacent to an activating group) is 1. The van der Waals surface area contributed by atoms with E-state index in [1.54, 1.807) is 26.2 Å². The summed E-state index contributed by atoms with van der Waals surface area (Å²) in [4.78, 5) is 17.5. The zero-order valence-electron chi connectivity index (χ0n) is 15.2. The number of rotatable bonds is 8. The zero-order chi connectivity index (χ0) is 19.6.